The van der Waals surface area contributed by atoms with Crippen LogP contribution in [0.2, 0.25) is 0 Å². The van der Waals surface area contributed by atoms with Gasteiger partial charge in [-0.2, -0.15) is 0 Å². The van der Waals surface area contributed by atoms with Crippen molar-refractivity contribution in [3.05, 3.63) is 36.7 Å². The van der Waals surface area contributed by atoms with Crippen LogP contribution in [-0.2, 0) is 4.79 Å². The number of nitrogens with zero attached hydrogens (tertiary/aromatic N) is 4. The molecule has 2 saturated heterocycles. The van der Waals surface area contributed by atoms with Crippen LogP contribution in [0.25, 0.3) is 21.6 Å². The predicted molar refractivity (Wildman–Crippen MR) is 107 cm³/mol. The Hall–Kier alpha value is -2.38. The molecule has 2 bridgehead atoms. The molecule has 0 saturated carbocycles. The summed E-state index contributed by atoms with van der Waals surface area (Å²) in [7, 11) is 2.19. The molecule has 2 aliphatic rings. The Morgan fingerprint density at radius 1 is 1.11 bits per heavy atom. The first-order chi connectivity index (χ1) is 13.2. The van der Waals surface area contributed by atoms with Gasteiger partial charge in [0.05, 0.1) is 5.69 Å². The molecule has 2 unspecified atom stereocenters. The summed E-state index contributed by atoms with van der Waals surface area (Å²) in [5, 5.41) is 3.68. The molecule has 0 spiro atoms. The van der Waals surface area contributed by atoms with Gasteiger partial charge in [-0.25, -0.2) is 9.97 Å². The van der Waals surface area contributed by atoms with Gasteiger partial charge in [0.25, 0.3) is 0 Å². The Labute approximate surface area is 161 Å². The lowest BCUT2D eigenvalue weighted by Gasteiger charge is -2.35. The van der Waals surface area contributed by atoms with Gasteiger partial charge in [-0.05, 0) is 57.0 Å². The van der Waals surface area contributed by atoms with Crippen LogP contribution in [-0.4, -0.2) is 44.9 Å². The zero-order valence-electron chi connectivity index (χ0n) is 15.1. The minimum atomic E-state index is 0.0889. The maximum Gasteiger partial charge on any atom is 0.229 e. The zero-order valence-corrected chi connectivity index (χ0v) is 15.9. The SMILES string of the molecule is CN1C2CCC1CC(C(=O)Nc1nc3ccc(-c4ccncc4)nc3s1)C2. The number of fused-ring (bicyclic) bond motifs is 3. The van der Waals surface area contributed by atoms with Crippen LogP contribution in [0.5, 0.6) is 0 Å². The fraction of sp³-hybridized carbons (Fsp3) is 0.400. The smallest absolute Gasteiger partial charge is 0.229 e. The van der Waals surface area contributed by atoms with Gasteiger partial charge in [0.1, 0.15) is 10.3 Å². The molecule has 6 nitrogen and oxygen atoms in total. The summed E-state index contributed by atoms with van der Waals surface area (Å²) in [5.74, 6) is 0.194. The summed E-state index contributed by atoms with van der Waals surface area (Å²) in [4.78, 5) is 29.4. The molecule has 138 valence electrons. The minimum absolute atomic E-state index is 0.0889. The monoisotopic (exact) mass is 379 g/mol. The highest BCUT2D eigenvalue weighted by molar-refractivity contribution is 7.22. The van der Waals surface area contributed by atoms with Crippen molar-refractivity contribution in [2.45, 2.75) is 37.8 Å². The van der Waals surface area contributed by atoms with E-state index < -0.39 is 0 Å². The number of rotatable bonds is 3. The van der Waals surface area contributed by atoms with Gasteiger partial charge < -0.3 is 10.2 Å². The molecular formula is C20H21N5OS. The molecule has 3 aromatic heterocycles. The molecule has 0 radical (unpaired) electrons. The number of nitrogens with one attached hydrogen (secondary N) is 1. The van der Waals surface area contributed by atoms with E-state index in [0.29, 0.717) is 17.2 Å². The summed E-state index contributed by atoms with van der Waals surface area (Å²) in [6, 6.07) is 8.90. The predicted octanol–water partition coefficient (Wildman–Crippen LogP) is 3.56. The van der Waals surface area contributed by atoms with Crippen molar-refractivity contribution in [1.82, 2.24) is 19.9 Å². The topological polar surface area (TPSA) is 71.0 Å². The van der Waals surface area contributed by atoms with E-state index in [4.69, 9.17) is 4.98 Å². The van der Waals surface area contributed by atoms with E-state index in [1.54, 1.807) is 12.4 Å². The van der Waals surface area contributed by atoms with E-state index in [-0.39, 0.29) is 11.8 Å². The number of carbonyl (C=O) groups excluding carboxylic acids is 1. The molecule has 2 fully saturated rings. The minimum Gasteiger partial charge on any atom is -0.302 e. The number of pyridine rings is 2. The van der Waals surface area contributed by atoms with E-state index in [9.17, 15) is 4.79 Å². The number of piperidine rings is 1. The molecule has 5 rings (SSSR count). The molecule has 5 heterocycles. The van der Waals surface area contributed by atoms with Crippen molar-refractivity contribution in [2.24, 2.45) is 5.92 Å². The van der Waals surface area contributed by atoms with Crippen molar-refractivity contribution >= 4 is 32.7 Å². The summed E-state index contributed by atoms with van der Waals surface area (Å²) in [6.45, 7) is 0. The Bertz CT molecular complexity index is 974. The van der Waals surface area contributed by atoms with E-state index in [2.05, 4.69) is 27.2 Å². The van der Waals surface area contributed by atoms with E-state index in [1.807, 2.05) is 24.3 Å². The van der Waals surface area contributed by atoms with Gasteiger partial charge in [0.2, 0.25) is 5.91 Å². The van der Waals surface area contributed by atoms with Crippen molar-refractivity contribution in [3.63, 3.8) is 0 Å². The quantitative estimate of drug-likeness (QED) is 0.753. The molecule has 2 atom stereocenters. The molecule has 7 heteroatoms. The molecule has 0 aliphatic carbocycles. The van der Waals surface area contributed by atoms with Gasteiger partial charge in [-0.3, -0.25) is 9.78 Å². The molecule has 1 N–H and O–H groups in total. The van der Waals surface area contributed by atoms with Crippen LogP contribution in [0.15, 0.2) is 36.7 Å². The lowest BCUT2D eigenvalue weighted by atomic mass is 9.90. The zero-order chi connectivity index (χ0) is 18.4. The van der Waals surface area contributed by atoms with Crippen molar-refractivity contribution in [2.75, 3.05) is 12.4 Å². The van der Waals surface area contributed by atoms with Gasteiger partial charge in [-0.15, -0.1) is 0 Å². The number of hydrogen-bond donors (Lipinski definition) is 1. The summed E-state index contributed by atoms with van der Waals surface area (Å²) in [6.07, 6.45) is 7.85. The largest absolute Gasteiger partial charge is 0.302 e. The van der Waals surface area contributed by atoms with Crippen molar-refractivity contribution in [3.8, 4) is 11.3 Å². The normalized spacial score (nSPS) is 25.0. The Kier molecular flexibility index (Phi) is 4.13. The van der Waals surface area contributed by atoms with E-state index >= 15 is 0 Å². The van der Waals surface area contributed by atoms with Crippen LogP contribution in [0.4, 0.5) is 5.13 Å². The maximum absolute atomic E-state index is 12.8. The number of hydrogen-bond acceptors (Lipinski definition) is 6. The second-order valence-corrected chi connectivity index (χ2v) is 8.46. The number of aromatic nitrogens is 3. The van der Waals surface area contributed by atoms with Crippen molar-refractivity contribution < 1.29 is 4.79 Å². The third-order valence-corrected chi connectivity index (χ3v) is 6.81. The molecule has 27 heavy (non-hydrogen) atoms. The highest BCUT2D eigenvalue weighted by Gasteiger charge is 2.40. The first kappa shape index (κ1) is 16.8. The standard InChI is InChI=1S/C20H21N5OS/c1-25-14-2-3-15(25)11-13(10-14)18(26)24-20-23-17-5-4-16(22-19(17)27-20)12-6-8-21-9-7-12/h4-9,13-15H,2-3,10-11H2,1H3,(H,23,24,26). The third kappa shape index (κ3) is 3.11. The molecule has 0 aromatic carbocycles. The van der Waals surface area contributed by atoms with E-state index in [1.165, 1.54) is 24.2 Å². The van der Waals surface area contributed by atoms with E-state index in [0.717, 1.165) is 34.4 Å². The first-order valence-electron chi connectivity index (χ1n) is 9.38. The van der Waals surface area contributed by atoms with Crippen LogP contribution in [0, 0.1) is 5.92 Å². The van der Waals surface area contributed by atoms with Gasteiger partial charge in [0.15, 0.2) is 5.13 Å². The number of carbonyl (C=O) groups is 1. The molecule has 2 aliphatic heterocycles. The second kappa shape index (κ2) is 6.65. The van der Waals surface area contributed by atoms with Crippen molar-refractivity contribution in [1.29, 1.82) is 0 Å². The summed E-state index contributed by atoms with van der Waals surface area (Å²) < 4.78 is 0. The van der Waals surface area contributed by atoms with Gasteiger partial charge in [-0.1, -0.05) is 11.3 Å². The van der Waals surface area contributed by atoms with Crippen LogP contribution < -0.4 is 5.32 Å². The molecular weight excluding hydrogens is 358 g/mol. The van der Waals surface area contributed by atoms with Gasteiger partial charge in [0, 0.05) is 36.0 Å². The summed E-state index contributed by atoms with van der Waals surface area (Å²) in [5.41, 5.74) is 2.72. The Morgan fingerprint density at radius 3 is 2.59 bits per heavy atom. The second-order valence-electron chi connectivity index (χ2n) is 7.48. The van der Waals surface area contributed by atoms with Crippen LogP contribution in [0.1, 0.15) is 25.7 Å². The molecule has 3 aromatic rings. The first-order valence-corrected chi connectivity index (χ1v) is 10.2. The molecule has 1 amide bonds. The Balaban J connectivity index is 1.34. The highest BCUT2D eigenvalue weighted by Crippen LogP contribution is 2.38. The summed E-state index contributed by atoms with van der Waals surface area (Å²) >= 11 is 1.44. The van der Waals surface area contributed by atoms with Crippen LogP contribution >= 0.6 is 11.3 Å². The van der Waals surface area contributed by atoms with Gasteiger partial charge >= 0.3 is 0 Å². The number of anilines is 1. The lowest BCUT2D eigenvalue weighted by molar-refractivity contribution is -0.122. The highest BCUT2D eigenvalue weighted by atomic mass is 32.1. The third-order valence-electron chi connectivity index (χ3n) is 5.93. The van der Waals surface area contributed by atoms with Crippen LogP contribution in [0.3, 0.4) is 0 Å². The Morgan fingerprint density at radius 2 is 1.85 bits per heavy atom. The average Bonchev–Trinajstić information content (AvgIpc) is 3.15. The number of amides is 1. The maximum atomic E-state index is 12.8. The number of thiazole rings is 1. The average molecular weight is 379 g/mol. The fourth-order valence-corrected chi connectivity index (χ4v) is 5.23. The fourth-order valence-electron chi connectivity index (χ4n) is 4.39. The lowest BCUT2D eigenvalue weighted by Crippen LogP contribution is -2.43.